The van der Waals surface area contributed by atoms with E-state index in [9.17, 15) is 15.3 Å². The van der Waals surface area contributed by atoms with Crippen LogP contribution < -0.4 is 0 Å². The molecule has 0 saturated heterocycles. The lowest BCUT2D eigenvalue weighted by Gasteiger charge is -2.44. The van der Waals surface area contributed by atoms with Crippen molar-refractivity contribution in [3.05, 3.63) is 47.6 Å². The van der Waals surface area contributed by atoms with Crippen LogP contribution in [0.4, 0.5) is 0 Å². The molecule has 3 unspecified atom stereocenters. The third-order valence-corrected chi connectivity index (χ3v) is 7.89. The summed E-state index contributed by atoms with van der Waals surface area (Å²) < 4.78 is 0. The maximum absolute atomic E-state index is 10.1. The van der Waals surface area contributed by atoms with Gasteiger partial charge in [-0.2, -0.15) is 0 Å². The predicted molar refractivity (Wildman–Crippen MR) is 119 cm³/mol. The van der Waals surface area contributed by atoms with Gasteiger partial charge < -0.3 is 15.3 Å². The summed E-state index contributed by atoms with van der Waals surface area (Å²) in [5.41, 5.74) is 3.58. The van der Waals surface area contributed by atoms with Crippen LogP contribution in [0.5, 0.6) is 0 Å². The van der Waals surface area contributed by atoms with Crippen LogP contribution in [0.1, 0.15) is 72.1 Å². The van der Waals surface area contributed by atoms with Crippen LogP contribution in [0.2, 0.25) is 0 Å². The van der Waals surface area contributed by atoms with Crippen molar-refractivity contribution in [2.45, 2.75) is 90.4 Å². The zero-order valence-electron chi connectivity index (χ0n) is 18.5. The van der Waals surface area contributed by atoms with Crippen molar-refractivity contribution in [3.63, 3.8) is 0 Å². The minimum atomic E-state index is -0.620. The molecule has 162 valence electrons. The lowest BCUT2D eigenvalue weighted by molar-refractivity contribution is 0.112. The van der Waals surface area contributed by atoms with E-state index in [2.05, 4.69) is 44.7 Å². The quantitative estimate of drug-likeness (QED) is 0.563. The first-order valence-electron chi connectivity index (χ1n) is 11.5. The summed E-state index contributed by atoms with van der Waals surface area (Å²) in [5.74, 6) is 1.87. The fourth-order valence-corrected chi connectivity index (χ4v) is 6.19. The van der Waals surface area contributed by atoms with E-state index in [1.807, 2.05) is 6.92 Å². The van der Waals surface area contributed by atoms with Gasteiger partial charge in [-0.15, -0.1) is 0 Å². The van der Waals surface area contributed by atoms with Gasteiger partial charge in [0.15, 0.2) is 0 Å². The van der Waals surface area contributed by atoms with Crippen molar-refractivity contribution >= 4 is 0 Å². The molecule has 0 bridgehead atoms. The summed E-state index contributed by atoms with van der Waals surface area (Å²) >= 11 is 0. The monoisotopic (exact) mass is 400 g/mol. The Labute approximate surface area is 176 Å². The Morgan fingerprint density at radius 2 is 1.83 bits per heavy atom. The second-order valence-corrected chi connectivity index (χ2v) is 10.0. The Morgan fingerprint density at radius 3 is 2.48 bits per heavy atom. The maximum Gasteiger partial charge on any atom is 0.0809 e. The third-order valence-electron chi connectivity index (χ3n) is 7.89. The molecule has 3 fully saturated rings. The molecule has 7 atom stereocenters. The van der Waals surface area contributed by atoms with Crippen LogP contribution in [0.3, 0.4) is 0 Å². The van der Waals surface area contributed by atoms with Gasteiger partial charge in [-0.3, -0.25) is 0 Å². The molecular formula is C26H40O3. The van der Waals surface area contributed by atoms with Gasteiger partial charge in [0.25, 0.3) is 0 Å². The number of hydrogen-bond donors (Lipinski definition) is 3. The molecule has 3 rings (SSSR count). The highest BCUT2D eigenvalue weighted by atomic mass is 16.3. The SMILES string of the molecule is C=C1C(O)CC(=C/C=C2\CCCC3(C)[C@@H]([C@@H](C)/C=C/CC(C)O)CC[C@@H]23)C[C@H]1O. The minimum Gasteiger partial charge on any atom is -0.393 e. The number of aliphatic hydroxyl groups is 3. The zero-order chi connectivity index (χ0) is 21.2. The molecule has 3 aliphatic rings. The van der Waals surface area contributed by atoms with Gasteiger partial charge in [0, 0.05) is 0 Å². The first kappa shape index (κ1) is 22.5. The molecule has 0 aromatic carbocycles. The van der Waals surface area contributed by atoms with E-state index in [0.717, 1.165) is 12.0 Å². The zero-order valence-corrected chi connectivity index (χ0v) is 18.5. The fraction of sp³-hybridized carbons (Fsp3) is 0.692. The molecule has 3 N–H and O–H groups in total. The highest BCUT2D eigenvalue weighted by Gasteiger charge is 2.50. The van der Waals surface area contributed by atoms with Crippen molar-refractivity contribution in [2.24, 2.45) is 23.2 Å². The Balaban J connectivity index is 1.72. The molecule has 3 nitrogen and oxygen atoms in total. The van der Waals surface area contributed by atoms with Crippen LogP contribution >= 0.6 is 0 Å². The molecule has 3 aliphatic carbocycles. The van der Waals surface area contributed by atoms with Gasteiger partial charge in [-0.05, 0) is 87.0 Å². The Kier molecular flexibility index (Phi) is 7.24. The lowest BCUT2D eigenvalue weighted by Crippen LogP contribution is -2.35. The van der Waals surface area contributed by atoms with Crippen molar-refractivity contribution < 1.29 is 15.3 Å². The molecule has 0 amide bonds. The smallest absolute Gasteiger partial charge is 0.0809 e. The maximum atomic E-state index is 10.1. The van der Waals surface area contributed by atoms with Crippen molar-refractivity contribution in [1.82, 2.24) is 0 Å². The van der Waals surface area contributed by atoms with Crippen LogP contribution in [0.25, 0.3) is 0 Å². The standard InChI is InChI=1S/C26H40O3/c1-17(7-5-8-18(2)27)22-12-13-23-21(9-6-14-26(22,23)4)11-10-20-15-24(28)19(3)25(29)16-20/h5,7,10-11,17-18,22-25,27-29H,3,6,8-9,12-16H2,1-2,4H3/b7-5+,20-10?,21-11+/t17-,18?,22+,23-,24+,25?,26?/m0/s1. The van der Waals surface area contributed by atoms with E-state index in [-0.39, 0.29) is 6.10 Å². The van der Waals surface area contributed by atoms with Crippen LogP contribution in [0, 0.1) is 23.2 Å². The Hall–Kier alpha value is -1.16. The van der Waals surface area contributed by atoms with Crippen molar-refractivity contribution in [2.75, 3.05) is 0 Å². The van der Waals surface area contributed by atoms with E-state index in [1.54, 1.807) is 5.57 Å². The molecule has 0 radical (unpaired) electrons. The molecule has 29 heavy (non-hydrogen) atoms. The number of allylic oxidation sites excluding steroid dienone is 4. The first-order chi connectivity index (χ1) is 13.7. The van der Waals surface area contributed by atoms with E-state index >= 15 is 0 Å². The highest BCUT2D eigenvalue weighted by Crippen LogP contribution is 2.59. The van der Waals surface area contributed by atoms with E-state index < -0.39 is 12.2 Å². The summed E-state index contributed by atoms with van der Waals surface area (Å²) in [6.45, 7) is 10.5. The third kappa shape index (κ3) is 4.95. The Bertz CT molecular complexity index is 670. The molecule has 0 spiro atoms. The molecular weight excluding hydrogens is 360 g/mol. The number of fused-ring (bicyclic) bond motifs is 1. The van der Waals surface area contributed by atoms with E-state index in [0.29, 0.717) is 41.6 Å². The van der Waals surface area contributed by atoms with Crippen molar-refractivity contribution in [3.8, 4) is 0 Å². The van der Waals surface area contributed by atoms with E-state index in [1.165, 1.54) is 32.1 Å². The summed E-state index contributed by atoms with van der Waals surface area (Å²) in [5, 5.41) is 29.7. The normalized spacial score (nSPS) is 40.6. The molecule has 0 aliphatic heterocycles. The van der Waals surface area contributed by atoms with Crippen LogP contribution in [-0.4, -0.2) is 33.6 Å². The molecule has 0 aromatic heterocycles. The highest BCUT2D eigenvalue weighted by molar-refractivity contribution is 5.29. The van der Waals surface area contributed by atoms with Crippen molar-refractivity contribution in [1.29, 1.82) is 0 Å². The summed E-state index contributed by atoms with van der Waals surface area (Å²) in [4.78, 5) is 0. The minimum absolute atomic E-state index is 0.267. The molecule has 0 aromatic rings. The fourth-order valence-electron chi connectivity index (χ4n) is 6.19. The average Bonchev–Trinajstić information content (AvgIpc) is 3.01. The Morgan fingerprint density at radius 1 is 1.14 bits per heavy atom. The summed E-state index contributed by atoms with van der Waals surface area (Å²) in [6.07, 6.45) is 15.6. The van der Waals surface area contributed by atoms with Gasteiger partial charge in [0.05, 0.1) is 18.3 Å². The van der Waals surface area contributed by atoms with Gasteiger partial charge in [-0.25, -0.2) is 0 Å². The lowest BCUT2D eigenvalue weighted by atomic mass is 9.61. The van der Waals surface area contributed by atoms with Gasteiger partial charge in [0.2, 0.25) is 0 Å². The second kappa shape index (κ2) is 9.32. The number of hydrogen-bond acceptors (Lipinski definition) is 3. The predicted octanol–water partition coefficient (Wildman–Crippen LogP) is 5.09. The van der Waals surface area contributed by atoms with Gasteiger partial charge in [-0.1, -0.05) is 55.9 Å². The number of rotatable bonds is 5. The van der Waals surface area contributed by atoms with E-state index in [4.69, 9.17) is 0 Å². The largest absolute Gasteiger partial charge is 0.393 e. The van der Waals surface area contributed by atoms with Crippen LogP contribution in [-0.2, 0) is 0 Å². The topological polar surface area (TPSA) is 60.7 Å². The molecule has 3 heteroatoms. The summed E-state index contributed by atoms with van der Waals surface area (Å²) in [7, 11) is 0. The second-order valence-electron chi connectivity index (χ2n) is 10.0. The molecule has 3 saturated carbocycles. The van der Waals surface area contributed by atoms with Gasteiger partial charge >= 0.3 is 0 Å². The first-order valence-corrected chi connectivity index (χ1v) is 11.5. The average molecular weight is 401 g/mol. The van der Waals surface area contributed by atoms with Gasteiger partial charge in [0.1, 0.15) is 0 Å². The number of aliphatic hydroxyl groups excluding tert-OH is 3. The van der Waals surface area contributed by atoms with Crippen LogP contribution in [0.15, 0.2) is 47.6 Å². The molecule has 0 heterocycles. The summed E-state index contributed by atoms with van der Waals surface area (Å²) in [6, 6.07) is 0.